The highest BCUT2D eigenvalue weighted by atomic mass is 16.6. The van der Waals surface area contributed by atoms with E-state index in [0.717, 1.165) is 37.1 Å². The second kappa shape index (κ2) is 12.8. The van der Waals surface area contributed by atoms with Gasteiger partial charge in [-0.3, -0.25) is 4.90 Å². The zero-order valence-electron chi connectivity index (χ0n) is 22.7. The lowest BCUT2D eigenvalue weighted by atomic mass is 9.48. The Bertz CT molecular complexity index is 976. The maximum absolute atomic E-state index is 12.4. The molecule has 0 aromatic heterocycles. The zero-order valence-corrected chi connectivity index (χ0v) is 22.7. The average Bonchev–Trinajstić information content (AvgIpc) is 3.29. The van der Waals surface area contributed by atoms with Crippen molar-refractivity contribution in [3.63, 3.8) is 0 Å². The summed E-state index contributed by atoms with van der Waals surface area (Å²) in [5.41, 5.74) is 0.599. The van der Waals surface area contributed by atoms with Crippen molar-refractivity contribution in [2.75, 3.05) is 79.2 Å². The Kier molecular flexibility index (Phi) is 9.46. The lowest BCUT2D eigenvalue weighted by Crippen LogP contribution is -2.77. The minimum atomic E-state index is -0.950. The number of aliphatic hydroxyl groups is 2. The number of nitrogens with zero attached hydrogens (tertiary/aromatic N) is 1. The fraction of sp³-hybridized carbons (Fsp3) is 0.724. The van der Waals surface area contributed by atoms with E-state index < -0.39 is 11.0 Å². The maximum Gasteiger partial charge on any atom is 0.165 e. The van der Waals surface area contributed by atoms with Gasteiger partial charge in [-0.25, -0.2) is 0 Å². The number of likely N-dealkylation sites (tertiary alicyclic amines) is 1. The zero-order chi connectivity index (χ0) is 27.3. The average molecular weight is 550 g/mol. The Hall–Kier alpha value is -1.76. The first kappa shape index (κ1) is 28.8. The Morgan fingerprint density at radius 2 is 1.64 bits per heavy atom. The molecule has 0 unspecified atom stereocenters. The molecule has 5 rings (SSSR count). The molecule has 0 radical (unpaired) electrons. The van der Waals surface area contributed by atoms with E-state index in [1.54, 1.807) is 6.07 Å². The van der Waals surface area contributed by atoms with E-state index in [9.17, 15) is 10.2 Å². The highest BCUT2D eigenvalue weighted by Crippen LogP contribution is 2.65. The number of aromatic hydroxyl groups is 1. The van der Waals surface area contributed by atoms with E-state index in [2.05, 4.69) is 11.5 Å². The molecule has 39 heavy (non-hydrogen) atoms. The van der Waals surface area contributed by atoms with Gasteiger partial charge in [-0.05, 0) is 43.9 Å². The van der Waals surface area contributed by atoms with Crippen LogP contribution < -0.4 is 4.74 Å². The van der Waals surface area contributed by atoms with Gasteiger partial charge < -0.3 is 43.7 Å². The molecular weight excluding hydrogens is 506 g/mol. The van der Waals surface area contributed by atoms with Crippen molar-refractivity contribution in [1.29, 1.82) is 0 Å². The van der Waals surface area contributed by atoms with Crippen molar-refractivity contribution in [2.24, 2.45) is 0 Å². The molecule has 1 spiro atoms. The van der Waals surface area contributed by atoms with E-state index in [0.29, 0.717) is 78.1 Å². The summed E-state index contributed by atoms with van der Waals surface area (Å²) in [6.45, 7) is 9.51. The number of phenols is 1. The third kappa shape index (κ3) is 5.34. The molecule has 1 saturated heterocycles. The number of aliphatic hydroxyl groups excluding tert-OH is 1. The number of hydrogen-bond donors (Lipinski definition) is 3. The Morgan fingerprint density at radius 1 is 0.974 bits per heavy atom. The molecule has 1 aromatic rings. The molecule has 2 heterocycles. The normalized spacial score (nSPS) is 30.7. The van der Waals surface area contributed by atoms with E-state index in [1.807, 2.05) is 12.1 Å². The van der Waals surface area contributed by atoms with Gasteiger partial charge in [0.2, 0.25) is 0 Å². The summed E-state index contributed by atoms with van der Waals surface area (Å²) in [4.78, 5) is 2.35. The molecule has 5 atom stereocenters. The number of hydrogen-bond acceptors (Lipinski definition) is 10. The highest BCUT2D eigenvalue weighted by Gasteiger charge is 2.73. The van der Waals surface area contributed by atoms with Crippen LogP contribution in [0.3, 0.4) is 0 Å². The summed E-state index contributed by atoms with van der Waals surface area (Å²) in [6, 6.07) is 3.69. The Balaban J connectivity index is 1.11. The topological polar surface area (TPSA) is 119 Å². The quantitative estimate of drug-likeness (QED) is 0.193. The molecule has 2 bridgehead atoms. The standard InChI is InChI=1S/C29H43NO9/c1-2-8-30-9-7-28-25-21-3-4-22(32)26(25)39-27(28)23(5-6-29(28,33)24(30)20-21)38-19-18-37-17-16-36-15-14-35-13-12-34-11-10-31/h2-4,23-24,27,31-33H,1,5-20H2/t23-,24+,27-,28-,29+/m0/s1. The van der Waals surface area contributed by atoms with Crippen LogP contribution in [0, 0.1) is 0 Å². The summed E-state index contributed by atoms with van der Waals surface area (Å²) >= 11 is 0. The van der Waals surface area contributed by atoms with Crippen molar-refractivity contribution in [3.05, 3.63) is 35.9 Å². The lowest BCUT2D eigenvalue weighted by molar-refractivity contribution is -0.215. The van der Waals surface area contributed by atoms with E-state index in [4.69, 9.17) is 33.5 Å². The molecule has 2 aliphatic carbocycles. The van der Waals surface area contributed by atoms with Gasteiger partial charge in [0.15, 0.2) is 11.5 Å². The predicted octanol–water partition coefficient (Wildman–Crippen LogP) is 1.18. The number of piperidine rings is 1. The summed E-state index contributed by atoms with van der Waals surface area (Å²) in [5.74, 6) is 0.659. The van der Waals surface area contributed by atoms with Gasteiger partial charge >= 0.3 is 0 Å². The van der Waals surface area contributed by atoms with Gasteiger partial charge in [0.25, 0.3) is 0 Å². The largest absolute Gasteiger partial charge is 0.504 e. The van der Waals surface area contributed by atoms with Gasteiger partial charge in [0.1, 0.15) is 6.10 Å². The van der Waals surface area contributed by atoms with Crippen LogP contribution in [0.4, 0.5) is 0 Å². The second-order valence-electron chi connectivity index (χ2n) is 10.8. The summed E-state index contributed by atoms with van der Waals surface area (Å²) in [5, 5.41) is 31.7. The van der Waals surface area contributed by atoms with E-state index in [-0.39, 0.29) is 30.6 Å². The van der Waals surface area contributed by atoms with Gasteiger partial charge in [0, 0.05) is 18.2 Å². The van der Waals surface area contributed by atoms with Crippen molar-refractivity contribution in [3.8, 4) is 11.5 Å². The first-order chi connectivity index (χ1) is 19.1. The Labute approximate surface area is 230 Å². The first-order valence-electron chi connectivity index (χ1n) is 14.2. The van der Waals surface area contributed by atoms with Crippen LogP contribution in [-0.4, -0.2) is 123 Å². The molecule has 2 fully saturated rings. The molecule has 2 aliphatic heterocycles. The van der Waals surface area contributed by atoms with Crippen LogP contribution in [0.2, 0.25) is 0 Å². The van der Waals surface area contributed by atoms with E-state index in [1.165, 1.54) is 0 Å². The molecule has 10 nitrogen and oxygen atoms in total. The SMILES string of the molecule is C=CCN1CC[C@]23c4c5ccc(O)c4O[C@H]2[C@@H](OCCOCCOCCOCCOCCO)CC[C@@]3(O)[C@H]1C5. The van der Waals surface area contributed by atoms with Gasteiger partial charge in [-0.15, -0.1) is 6.58 Å². The molecule has 10 heteroatoms. The molecule has 3 N–H and O–H groups in total. The van der Waals surface area contributed by atoms with E-state index >= 15 is 0 Å². The van der Waals surface area contributed by atoms with Crippen molar-refractivity contribution in [1.82, 2.24) is 4.90 Å². The van der Waals surface area contributed by atoms with Crippen molar-refractivity contribution in [2.45, 2.75) is 54.9 Å². The lowest BCUT2D eigenvalue weighted by Gasteiger charge is -2.64. The van der Waals surface area contributed by atoms with Gasteiger partial charge in [0.05, 0.1) is 83.2 Å². The second-order valence-corrected chi connectivity index (χ2v) is 10.8. The maximum atomic E-state index is 12.4. The highest BCUT2D eigenvalue weighted by molar-refractivity contribution is 5.62. The number of phenolic OH excluding ortho intramolecular Hbond substituents is 1. The fourth-order valence-corrected chi connectivity index (χ4v) is 7.23. The van der Waals surface area contributed by atoms with Crippen LogP contribution in [0.1, 0.15) is 30.4 Å². The minimum absolute atomic E-state index is 0.0165. The molecule has 218 valence electrons. The summed E-state index contributed by atoms with van der Waals surface area (Å²) in [6.07, 6.45) is 4.13. The fourth-order valence-electron chi connectivity index (χ4n) is 7.23. The number of benzene rings is 1. The van der Waals surface area contributed by atoms with Crippen molar-refractivity contribution < 1.29 is 43.7 Å². The molecule has 0 amide bonds. The third-order valence-corrected chi connectivity index (χ3v) is 8.79. The Morgan fingerprint density at radius 3 is 2.31 bits per heavy atom. The van der Waals surface area contributed by atoms with Crippen molar-refractivity contribution >= 4 is 0 Å². The van der Waals surface area contributed by atoms with Crippen LogP contribution >= 0.6 is 0 Å². The van der Waals surface area contributed by atoms with Gasteiger partial charge in [-0.2, -0.15) is 0 Å². The van der Waals surface area contributed by atoms with Crippen LogP contribution in [0.25, 0.3) is 0 Å². The third-order valence-electron chi connectivity index (χ3n) is 8.79. The summed E-state index contributed by atoms with van der Waals surface area (Å²) in [7, 11) is 0. The van der Waals surface area contributed by atoms with Gasteiger partial charge in [-0.1, -0.05) is 12.1 Å². The number of ether oxygens (including phenoxy) is 6. The minimum Gasteiger partial charge on any atom is -0.504 e. The summed E-state index contributed by atoms with van der Waals surface area (Å²) < 4.78 is 34.5. The monoisotopic (exact) mass is 549 g/mol. The molecular formula is C29H43NO9. The predicted molar refractivity (Wildman–Crippen MR) is 142 cm³/mol. The first-order valence-corrected chi connectivity index (χ1v) is 14.2. The van der Waals surface area contributed by atoms with Crippen LogP contribution in [0.5, 0.6) is 11.5 Å². The molecule has 1 saturated carbocycles. The van der Waals surface area contributed by atoms with Crippen LogP contribution in [0.15, 0.2) is 24.8 Å². The van der Waals surface area contributed by atoms with Crippen LogP contribution in [-0.2, 0) is 35.5 Å². The number of rotatable bonds is 17. The smallest absolute Gasteiger partial charge is 0.165 e. The molecule has 4 aliphatic rings. The molecule has 1 aromatic carbocycles.